The Morgan fingerprint density at radius 3 is 2.58 bits per heavy atom. The lowest BCUT2D eigenvalue weighted by molar-refractivity contribution is 0.417. The van der Waals surface area contributed by atoms with Crippen molar-refractivity contribution in [2.45, 2.75) is 6.92 Å². The maximum absolute atomic E-state index is 13.9. The van der Waals surface area contributed by atoms with Crippen LogP contribution in [0.4, 0.5) is 25.8 Å². The molecule has 0 fully saturated rings. The normalized spacial score (nSPS) is 10.3. The molecule has 3 nitrogen and oxygen atoms in total. The van der Waals surface area contributed by atoms with Gasteiger partial charge in [-0.1, -0.05) is 12.1 Å². The van der Waals surface area contributed by atoms with E-state index in [1.807, 2.05) is 0 Å². The number of ether oxygens (including phenoxy) is 1. The topological polar surface area (TPSA) is 47.3 Å². The molecule has 0 aliphatic rings. The fourth-order valence-electron chi connectivity index (χ4n) is 1.74. The molecule has 0 aliphatic carbocycles. The average molecular weight is 264 g/mol. The Hall–Kier alpha value is -2.30. The lowest BCUT2D eigenvalue weighted by atomic mass is 10.1. The van der Waals surface area contributed by atoms with E-state index in [9.17, 15) is 8.78 Å². The Kier molecular flexibility index (Phi) is 3.55. The Bertz CT molecular complexity index is 615. The van der Waals surface area contributed by atoms with Crippen LogP contribution in [0.1, 0.15) is 5.56 Å². The maximum Gasteiger partial charge on any atom is 0.152 e. The average Bonchev–Trinajstić information content (AvgIpc) is 2.41. The molecule has 0 aromatic heterocycles. The molecule has 0 heterocycles. The summed E-state index contributed by atoms with van der Waals surface area (Å²) >= 11 is 0. The molecule has 2 aromatic rings. The summed E-state index contributed by atoms with van der Waals surface area (Å²) < 4.78 is 32.6. The van der Waals surface area contributed by atoms with Crippen molar-refractivity contribution < 1.29 is 13.5 Å². The molecule has 5 heteroatoms. The second kappa shape index (κ2) is 5.14. The molecule has 100 valence electrons. The van der Waals surface area contributed by atoms with Crippen molar-refractivity contribution in [3.63, 3.8) is 0 Å². The van der Waals surface area contributed by atoms with Gasteiger partial charge in [-0.2, -0.15) is 0 Å². The van der Waals surface area contributed by atoms with Crippen molar-refractivity contribution in [3.8, 4) is 5.75 Å². The number of aryl methyl sites for hydroxylation is 1. The van der Waals surface area contributed by atoms with Gasteiger partial charge in [-0.25, -0.2) is 8.78 Å². The molecule has 3 N–H and O–H groups in total. The number of methoxy groups -OCH3 is 1. The third-order valence-corrected chi connectivity index (χ3v) is 2.83. The van der Waals surface area contributed by atoms with E-state index in [4.69, 9.17) is 10.5 Å². The molecule has 0 spiro atoms. The summed E-state index contributed by atoms with van der Waals surface area (Å²) in [4.78, 5) is 0. The zero-order chi connectivity index (χ0) is 14.0. The number of halogens is 2. The minimum atomic E-state index is -0.676. The van der Waals surface area contributed by atoms with Gasteiger partial charge in [-0.15, -0.1) is 0 Å². The first-order chi connectivity index (χ1) is 9.04. The predicted molar refractivity (Wildman–Crippen MR) is 71.8 cm³/mol. The third kappa shape index (κ3) is 2.45. The summed E-state index contributed by atoms with van der Waals surface area (Å²) in [6, 6.07) is 7.56. The molecule has 19 heavy (non-hydrogen) atoms. The van der Waals surface area contributed by atoms with E-state index < -0.39 is 11.6 Å². The van der Waals surface area contributed by atoms with E-state index in [0.29, 0.717) is 22.7 Å². The second-order valence-corrected chi connectivity index (χ2v) is 4.10. The van der Waals surface area contributed by atoms with Gasteiger partial charge < -0.3 is 15.8 Å². The van der Waals surface area contributed by atoms with Crippen LogP contribution in [0.15, 0.2) is 30.3 Å². The highest BCUT2D eigenvalue weighted by atomic mass is 19.1. The summed E-state index contributed by atoms with van der Waals surface area (Å²) in [5.41, 5.74) is 6.67. The Labute approximate surface area is 110 Å². The van der Waals surface area contributed by atoms with Gasteiger partial charge in [0.05, 0.1) is 18.5 Å². The first kappa shape index (κ1) is 13.1. The Balaban J connectivity index is 2.45. The number of rotatable bonds is 3. The number of hydrogen-bond donors (Lipinski definition) is 2. The quantitative estimate of drug-likeness (QED) is 0.832. The van der Waals surface area contributed by atoms with E-state index in [0.717, 1.165) is 0 Å². The molecule has 0 saturated heterocycles. The molecule has 0 amide bonds. The van der Waals surface area contributed by atoms with Crippen LogP contribution in [0.25, 0.3) is 0 Å². The lowest BCUT2D eigenvalue weighted by Crippen LogP contribution is -2.03. The van der Waals surface area contributed by atoms with Gasteiger partial charge >= 0.3 is 0 Å². The standard InChI is InChI=1S/C14H14F2N2O/c1-8-6-7-9(15)14(12(8)16)18-10-4-3-5-11(19-2)13(10)17/h3-7,18H,17H2,1-2H3. The van der Waals surface area contributed by atoms with Crippen molar-refractivity contribution in [1.29, 1.82) is 0 Å². The number of anilines is 3. The van der Waals surface area contributed by atoms with Gasteiger partial charge in [0.25, 0.3) is 0 Å². The van der Waals surface area contributed by atoms with E-state index in [1.54, 1.807) is 25.1 Å². The molecule has 0 atom stereocenters. The van der Waals surface area contributed by atoms with Gasteiger partial charge in [0, 0.05) is 0 Å². The first-order valence-electron chi connectivity index (χ1n) is 5.68. The summed E-state index contributed by atoms with van der Waals surface area (Å²) in [5.74, 6) is -0.869. The minimum absolute atomic E-state index is 0.222. The van der Waals surface area contributed by atoms with Crippen LogP contribution >= 0.6 is 0 Å². The van der Waals surface area contributed by atoms with Gasteiger partial charge in [0.15, 0.2) is 5.82 Å². The Morgan fingerprint density at radius 2 is 1.89 bits per heavy atom. The van der Waals surface area contributed by atoms with Crippen LogP contribution in [0.5, 0.6) is 5.75 Å². The van der Waals surface area contributed by atoms with Crippen molar-refractivity contribution >= 4 is 17.1 Å². The molecular formula is C14H14F2N2O. The lowest BCUT2D eigenvalue weighted by Gasteiger charge is -2.14. The summed E-state index contributed by atoms with van der Waals surface area (Å²) in [6.07, 6.45) is 0. The van der Waals surface area contributed by atoms with Crippen molar-refractivity contribution in [2.75, 3.05) is 18.2 Å². The largest absolute Gasteiger partial charge is 0.495 e. The van der Waals surface area contributed by atoms with Gasteiger partial charge in [-0.3, -0.25) is 0 Å². The number of nitrogen functional groups attached to an aromatic ring is 1. The molecule has 0 radical (unpaired) electrons. The van der Waals surface area contributed by atoms with E-state index in [1.165, 1.54) is 19.2 Å². The van der Waals surface area contributed by atoms with Crippen molar-refractivity contribution in [1.82, 2.24) is 0 Å². The van der Waals surface area contributed by atoms with E-state index >= 15 is 0 Å². The number of para-hydroxylation sites is 1. The Morgan fingerprint density at radius 1 is 1.16 bits per heavy atom. The van der Waals surface area contributed by atoms with Crippen molar-refractivity contribution in [2.24, 2.45) is 0 Å². The SMILES string of the molecule is COc1cccc(Nc2c(F)ccc(C)c2F)c1N. The summed E-state index contributed by atoms with van der Waals surface area (Å²) in [6.45, 7) is 1.56. The summed E-state index contributed by atoms with van der Waals surface area (Å²) in [5, 5.41) is 2.67. The highest BCUT2D eigenvalue weighted by molar-refractivity contribution is 5.77. The van der Waals surface area contributed by atoms with Gasteiger partial charge in [0.1, 0.15) is 17.3 Å². The number of hydrogen-bond acceptors (Lipinski definition) is 3. The number of nitrogens with one attached hydrogen (secondary N) is 1. The molecular weight excluding hydrogens is 250 g/mol. The van der Waals surface area contributed by atoms with Crippen LogP contribution in [0.2, 0.25) is 0 Å². The predicted octanol–water partition coefficient (Wildman–Crippen LogP) is 3.61. The van der Waals surface area contributed by atoms with Crippen LogP contribution in [0.3, 0.4) is 0 Å². The molecule has 0 bridgehead atoms. The summed E-state index contributed by atoms with van der Waals surface area (Å²) in [7, 11) is 1.48. The highest BCUT2D eigenvalue weighted by Gasteiger charge is 2.13. The second-order valence-electron chi connectivity index (χ2n) is 4.10. The zero-order valence-electron chi connectivity index (χ0n) is 10.6. The fourth-order valence-corrected chi connectivity index (χ4v) is 1.74. The van der Waals surface area contributed by atoms with Crippen LogP contribution < -0.4 is 15.8 Å². The van der Waals surface area contributed by atoms with Gasteiger partial charge in [0.2, 0.25) is 0 Å². The number of nitrogens with two attached hydrogens (primary N) is 1. The van der Waals surface area contributed by atoms with E-state index in [2.05, 4.69) is 5.32 Å². The van der Waals surface area contributed by atoms with Gasteiger partial charge in [-0.05, 0) is 30.7 Å². The fraction of sp³-hybridized carbons (Fsp3) is 0.143. The third-order valence-electron chi connectivity index (χ3n) is 2.83. The smallest absolute Gasteiger partial charge is 0.152 e. The molecule has 2 rings (SSSR count). The molecule has 0 saturated carbocycles. The zero-order valence-corrected chi connectivity index (χ0v) is 10.6. The monoisotopic (exact) mass is 264 g/mol. The van der Waals surface area contributed by atoms with Crippen molar-refractivity contribution in [3.05, 3.63) is 47.5 Å². The van der Waals surface area contributed by atoms with Crippen LogP contribution in [-0.2, 0) is 0 Å². The molecule has 0 aliphatic heterocycles. The number of benzene rings is 2. The van der Waals surface area contributed by atoms with Crippen LogP contribution in [-0.4, -0.2) is 7.11 Å². The first-order valence-corrected chi connectivity index (χ1v) is 5.68. The van der Waals surface area contributed by atoms with E-state index in [-0.39, 0.29) is 5.69 Å². The molecule has 2 aromatic carbocycles. The minimum Gasteiger partial charge on any atom is -0.495 e. The van der Waals surface area contributed by atoms with Crippen LogP contribution in [0, 0.1) is 18.6 Å². The molecule has 0 unspecified atom stereocenters. The maximum atomic E-state index is 13.9. The highest BCUT2D eigenvalue weighted by Crippen LogP contribution is 2.33.